The number of rotatable bonds is 5. The molecular weight excluding hydrogens is 413 g/mol. The largest absolute Gasteiger partial charge is 0.319 e. The molecule has 0 aliphatic carbocycles. The molecule has 1 heterocycles. The number of nitrogens with one attached hydrogen (secondary N) is 1. The molecule has 3 rings (SSSR count). The van der Waals surface area contributed by atoms with E-state index >= 15 is 0 Å². The molecule has 132 valence electrons. The van der Waals surface area contributed by atoms with Crippen LogP contribution < -0.4 is 5.32 Å². The van der Waals surface area contributed by atoms with Crippen molar-refractivity contribution in [2.24, 2.45) is 0 Å². The molecular formula is C18H12Cl3N3OS. The topological polar surface area (TPSA) is 54.9 Å². The molecule has 1 amide bonds. The first-order valence-electron chi connectivity index (χ1n) is 7.49. The fourth-order valence-corrected chi connectivity index (χ4v) is 3.54. The van der Waals surface area contributed by atoms with Gasteiger partial charge >= 0.3 is 0 Å². The number of thioether (sulfide) groups is 1. The van der Waals surface area contributed by atoms with Crippen molar-refractivity contribution in [3.8, 4) is 0 Å². The lowest BCUT2D eigenvalue weighted by atomic mass is 10.2. The number of benzene rings is 2. The number of hydrogen-bond acceptors (Lipinski definition) is 4. The van der Waals surface area contributed by atoms with Gasteiger partial charge in [-0.25, -0.2) is 9.97 Å². The van der Waals surface area contributed by atoms with Gasteiger partial charge in [-0.3, -0.25) is 4.79 Å². The van der Waals surface area contributed by atoms with Gasteiger partial charge in [0.25, 0.3) is 5.91 Å². The molecule has 8 heteroatoms. The highest BCUT2D eigenvalue weighted by Gasteiger charge is 2.16. The van der Waals surface area contributed by atoms with E-state index in [1.165, 1.54) is 18.0 Å². The predicted octanol–water partition coefficient (Wildman–Crippen LogP) is 5.98. The average molecular weight is 425 g/mol. The van der Waals surface area contributed by atoms with Gasteiger partial charge in [-0.15, -0.1) is 0 Å². The number of carbonyl (C=O) groups is 1. The zero-order chi connectivity index (χ0) is 18.5. The Bertz CT molecular complexity index is 952. The van der Waals surface area contributed by atoms with Crippen molar-refractivity contribution < 1.29 is 4.79 Å². The van der Waals surface area contributed by atoms with Crippen LogP contribution in [0.1, 0.15) is 16.1 Å². The highest BCUT2D eigenvalue weighted by atomic mass is 35.5. The van der Waals surface area contributed by atoms with Crippen LogP contribution in [0.25, 0.3) is 0 Å². The molecule has 1 aromatic heterocycles. The third-order valence-electron chi connectivity index (χ3n) is 3.37. The summed E-state index contributed by atoms with van der Waals surface area (Å²) in [5.41, 5.74) is 1.53. The molecule has 0 bridgehead atoms. The van der Waals surface area contributed by atoms with E-state index in [9.17, 15) is 4.79 Å². The van der Waals surface area contributed by atoms with Crippen LogP contribution in [0.15, 0.2) is 59.9 Å². The molecule has 0 unspecified atom stereocenters. The maximum absolute atomic E-state index is 12.5. The van der Waals surface area contributed by atoms with Gasteiger partial charge in [0.2, 0.25) is 0 Å². The highest BCUT2D eigenvalue weighted by molar-refractivity contribution is 7.98. The van der Waals surface area contributed by atoms with Crippen molar-refractivity contribution in [3.63, 3.8) is 0 Å². The van der Waals surface area contributed by atoms with E-state index < -0.39 is 5.91 Å². The van der Waals surface area contributed by atoms with Gasteiger partial charge < -0.3 is 5.32 Å². The van der Waals surface area contributed by atoms with Crippen molar-refractivity contribution in [2.75, 3.05) is 5.32 Å². The summed E-state index contributed by atoms with van der Waals surface area (Å²) < 4.78 is 0. The molecule has 1 N–H and O–H groups in total. The molecule has 0 atom stereocenters. The SMILES string of the molecule is O=C(Nc1ccccc1Cl)c1nc(SCc2ccccc2Cl)ncc1Cl. The lowest BCUT2D eigenvalue weighted by Crippen LogP contribution is -2.15. The van der Waals surface area contributed by atoms with Crippen molar-refractivity contribution >= 4 is 58.2 Å². The summed E-state index contributed by atoms with van der Waals surface area (Å²) in [6, 6.07) is 14.5. The monoisotopic (exact) mass is 423 g/mol. The van der Waals surface area contributed by atoms with E-state index in [-0.39, 0.29) is 10.7 Å². The van der Waals surface area contributed by atoms with Crippen LogP contribution in [0.5, 0.6) is 0 Å². The first-order chi connectivity index (χ1) is 12.5. The van der Waals surface area contributed by atoms with Crippen molar-refractivity contribution in [3.05, 3.63) is 81.1 Å². The van der Waals surface area contributed by atoms with Crippen LogP contribution >= 0.6 is 46.6 Å². The molecule has 0 fully saturated rings. The first-order valence-corrected chi connectivity index (χ1v) is 9.61. The van der Waals surface area contributed by atoms with Gasteiger partial charge in [0.1, 0.15) is 0 Å². The fraction of sp³-hybridized carbons (Fsp3) is 0.0556. The Morgan fingerprint density at radius 2 is 1.65 bits per heavy atom. The second-order valence-corrected chi connectivity index (χ2v) is 7.33. The third-order valence-corrected chi connectivity index (χ3v) is 5.26. The highest BCUT2D eigenvalue weighted by Crippen LogP contribution is 2.26. The van der Waals surface area contributed by atoms with Crippen molar-refractivity contribution in [1.29, 1.82) is 0 Å². The Kier molecular flexibility index (Phi) is 6.38. The zero-order valence-corrected chi connectivity index (χ0v) is 16.3. The number of halogens is 3. The summed E-state index contributed by atoms with van der Waals surface area (Å²) in [6.07, 6.45) is 1.41. The van der Waals surface area contributed by atoms with Crippen LogP contribution in [-0.4, -0.2) is 15.9 Å². The second kappa shape index (κ2) is 8.73. The van der Waals surface area contributed by atoms with E-state index in [1.54, 1.807) is 24.3 Å². The number of carbonyl (C=O) groups excluding carboxylic acids is 1. The molecule has 0 saturated carbocycles. The molecule has 0 radical (unpaired) electrons. The van der Waals surface area contributed by atoms with Gasteiger partial charge in [-0.05, 0) is 23.8 Å². The van der Waals surface area contributed by atoms with Gasteiger partial charge in [-0.2, -0.15) is 0 Å². The maximum atomic E-state index is 12.5. The Morgan fingerprint density at radius 3 is 2.38 bits per heavy atom. The summed E-state index contributed by atoms with van der Waals surface area (Å²) in [5, 5.41) is 4.40. The zero-order valence-electron chi connectivity index (χ0n) is 13.2. The van der Waals surface area contributed by atoms with Crippen LogP contribution in [0.3, 0.4) is 0 Å². The second-order valence-electron chi connectivity index (χ2n) is 5.16. The lowest BCUT2D eigenvalue weighted by molar-refractivity contribution is 0.102. The number of anilines is 1. The van der Waals surface area contributed by atoms with Crippen LogP contribution in [-0.2, 0) is 5.75 Å². The van der Waals surface area contributed by atoms with Crippen LogP contribution in [0.2, 0.25) is 15.1 Å². The Morgan fingerprint density at radius 1 is 0.962 bits per heavy atom. The summed E-state index contributed by atoms with van der Waals surface area (Å²) in [6.45, 7) is 0. The summed E-state index contributed by atoms with van der Waals surface area (Å²) in [7, 11) is 0. The fourth-order valence-electron chi connectivity index (χ4n) is 2.08. The quantitative estimate of drug-likeness (QED) is 0.404. The summed E-state index contributed by atoms with van der Waals surface area (Å²) in [5.74, 6) is 0.123. The lowest BCUT2D eigenvalue weighted by Gasteiger charge is -2.09. The minimum atomic E-state index is -0.454. The standard InChI is InChI=1S/C18H12Cl3N3OS/c19-12-6-2-1-5-11(12)10-26-18-22-9-14(21)16(24-18)17(25)23-15-8-4-3-7-13(15)20/h1-9H,10H2,(H,23,25). The maximum Gasteiger partial charge on any atom is 0.276 e. The normalized spacial score (nSPS) is 10.6. The minimum absolute atomic E-state index is 0.0863. The Hall–Kier alpha value is -1.79. The minimum Gasteiger partial charge on any atom is -0.319 e. The van der Waals surface area contributed by atoms with E-state index in [1.807, 2.05) is 24.3 Å². The molecule has 0 aliphatic rings. The number of para-hydroxylation sites is 1. The van der Waals surface area contributed by atoms with Gasteiger partial charge in [-0.1, -0.05) is 76.9 Å². The molecule has 0 aliphatic heterocycles. The smallest absolute Gasteiger partial charge is 0.276 e. The summed E-state index contributed by atoms with van der Waals surface area (Å²) >= 11 is 19.7. The number of amides is 1. The average Bonchev–Trinajstić information content (AvgIpc) is 2.64. The van der Waals surface area contributed by atoms with Crippen molar-refractivity contribution in [2.45, 2.75) is 10.9 Å². The third kappa shape index (κ3) is 4.68. The van der Waals surface area contributed by atoms with Gasteiger partial charge in [0, 0.05) is 10.8 Å². The van der Waals surface area contributed by atoms with E-state index in [4.69, 9.17) is 34.8 Å². The predicted molar refractivity (Wildman–Crippen MR) is 107 cm³/mol. The molecule has 0 saturated heterocycles. The van der Waals surface area contributed by atoms with Crippen molar-refractivity contribution in [1.82, 2.24) is 9.97 Å². The Labute approximate surface area is 169 Å². The number of nitrogens with zero attached hydrogens (tertiary/aromatic N) is 2. The van der Waals surface area contributed by atoms with Gasteiger partial charge in [0.15, 0.2) is 10.9 Å². The molecule has 0 spiro atoms. The number of aromatic nitrogens is 2. The van der Waals surface area contributed by atoms with Crippen LogP contribution in [0.4, 0.5) is 5.69 Å². The van der Waals surface area contributed by atoms with E-state index in [0.717, 1.165) is 5.56 Å². The molecule has 26 heavy (non-hydrogen) atoms. The van der Waals surface area contributed by atoms with E-state index in [0.29, 0.717) is 26.6 Å². The molecule has 3 aromatic rings. The summed E-state index contributed by atoms with van der Waals surface area (Å²) in [4.78, 5) is 20.9. The molecule has 2 aromatic carbocycles. The molecule has 4 nitrogen and oxygen atoms in total. The Balaban J connectivity index is 1.76. The van der Waals surface area contributed by atoms with Crippen LogP contribution in [0, 0.1) is 0 Å². The van der Waals surface area contributed by atoms with E-state index in [2.05, 4.69) is 15.3 Å². The van der Waals surface area contributed by atoms with Gasteiger partial charge in [0.05, 0.1) is 21.9 Å². The number of hydrogen-bond donors (Lipinski definition) is 1. The first kappa shape index (κ1) is 19.0.